The van der Waals surface area contributed by atoms with Gasteiger partial charge in [-0.1, -0.05) is 48.0 Å². The van der Waals surface area contributed by atoms with Crippen LogP contribution >= 0.6 is 0 Å². The van der Waals surface area contributed by atoms with Crippen LogP contribution in [0.1, 0.15) is 42.9 Å². The predicted octanol–water partition coefficient (Wildman–Crippen LogP) is 4.27. The average molecular weight is 279 g/mol. The molecule has 0 saturated carbocycles. The standard InChI is InChI=1S/C19H21NO/c1-13-9-10-19-18(11-13)17(16-7-5-4-6-8-16)12-14(2)20(19)15(3)21/h4-11,14,17H,12H2,1-3H3/t14-,17-/m1/s1. The molecule has 0 aromatic heterocycles. The molecule has 2 aromatic rings. The molecule has 0 bridgehead atoms. The lowest BCUT2D eigenvalue weighted by Crippen LogP contribution is -2.42. The summed E-state index contributed by atoms with van der Waals surface area (Å²) in [6.07, 6.45) is 0.972. The van der Waals surface area contributed by atoms with Gasteiger partial charge in [0, 0.05) is 24.6 Å². The van der Waals surface area contributed by atoms with Crippen LogP contribution < -0.4 is 4.90 Å². The zero-order valence-corrected chi connectivity index (χ0v) is 12.8. The maximum absolute atomic E-state index is 12.0. The monoisotopic (exact) mass is 279 g/mol. The zero-order valence-electron chi connectivity index (χ0n) is 12.8. The van der Waals surface area contributed by atoms with Crippen molar-refractivity contribution < 1.29 is 4.79 Å². The molecule has 108 valence electrons. The first-order valence-electron chi connectivity index (χ1n) is 7.53. The van der Waals surface area contributed by atoms with E-state index in [1.165, 1.54) is 16.7 Å². The van der Waals surface area contributed by atoms with Crippen LogP contribution in [0.2, 0.25) is 0 Å². The summed E-state index contributed by atoms with van der Waals surface area (Å²) in [7, 11) is 0. The average Bonchev–Trinajstić information content (AvgIpc) is 2.47. The Morgan fingerprint density at radius 2 is 1.86 bits per heavy atom. The van der Waals surface area contributed by atoms with Gasteiger partial charge >= 0.3 is 0 Å². The van der Waals surface area contributed by atoms with Crippen LogP contribution in [0.5, 0.6) is 0 Å². The van der Waals surface area contributed by atoms with Gasteiger partial charge in [0.1, 0.15) is 0 Å². The van der Waals surface area contributed by atoms with Gasteiger partial charge in [-0.05, 0) is 37.5 Å². The predicted molar refractivity (Wildman–Crippen MR) is 86.7 cm³/mol. The number of carbonyl (C=O) groups is 1. The first kappa shape index (κ1) is 13.9. The third-order valence-electron chi connectivity index (χ3n) is 4.38. The molecule has 0 N–H and O–H groups in total. The minimum Gasteiger partial charge on any atom is -0.310 e. The van der Waals surface area contributed by atoms with Gasteiger partial charge in [0.25, 0.3) is 0 Å². The smallest absolute Gasteiger partial charge is 0.224 e. The van der Waals surface area contributed by atoms with Crippen LogP contribution in [0.25, 0.3) is 0 Å². The molecule has 2 heteroatoms. The molecule has 1 aliphatic rings. The molecule has 2 atom stereocenters. The van der Waals surface area contributed by atoms with Crippen LogP contribution in [0, 0.1) is 6.92 Å². The number of carbonyl (C=O) groups excluding carboxylic acids is 1. The molecule has 0 unspecified atom stereocenters. The second-order valence-corrected chi connectivity index (χ2v) is 6.00. The lowest BCUT2D eigenvalue weighted by Gasteiger charge is -2.39. The van der Waals surface area contributed by atoms with Crippen molar-refractivity contribution in [3.63, 3.8) is 0 Å². The molecule has 2 nitrogen and oxygen atoms in total. The largest absolute Gasteiger partial charge is 0.310 e. The molecule has 1 aliphatic heterocycles. The van der Waals surface area contributed by atoms with E-state index in [-0.39, 0.29) is 11.9 Å². The number of nitrogens with zero attached hydrogens (tertiary/aromatic N) is 1. The van der Waals surface area contributed by atoms with Gasteiger partial charge in [-0.15, -0.1) is 0 Å². The number of benzene rings is 2. The van der Waals surface area contributed by atoms with Gasteiger partial charge in [0.15, 0.2) is 0 Å². The molecule has 21 heavy (non-hydrogen) atoms. The second-order valence-electron chi connectivity index (χ2n) is 6.00. The maximum atomic E-state index is 12.0. The second kappa shape index (κ2) is 5.36. The fourth-order valence-electron chi connectivity index (χ4n) is 3.46. The number of fused-ring (bicyclic) bond motifs is 1. The molecule has 0 saturated heterocycles. The van der Waals surface area contributed by atoms with Crippen LogP contribution in [0.3, 0.4) is 0 Å². The molecule has 0 aliphatic carbocycles. The summed E-state index contributed by atoms with van der Waals surface area (Å²) < 4.78 is 0. The van der Waals surface area contributed by atoms with Crippen LogP contribution in [0.4, 0.5) is 5.69 Å². The van der Waals surface area contributed by atoms with Gasteiger partial charge in [-0.25, -0.2) is 0 Å². The van der Waals surface area contributed by atoms with E-state index < -0.39 is 0 Å². The Bertz CT molecular complexity index is 663. The SMILES string of the molecule is CC(=O)N1c2ccc(C)cc2[C@@H](c2ccccc2)C[C@H]1C. The van der Waals surface area contributed by atoms with Gasteiger partial charge < -0.3 is 4.90 Å². The Morgan fingerprint density at radius 3 is 2.52 bits per heavy atom. The highest BCUT2D eigenvalue weighted by Crippen LogP contribution is 2.42. The summed E-state index contributed by atoms with van der Waals surface area (Å²) in [5.41, 5.74) is 4.92. The van der Waals surface area contributed by atoms with E-state index in [1.54, 1.807) is 6.92 Å². The molecule has 1 amide bonds. The lowest BCUT2D eigenvalue weighted by atomic mass is 9.81. The molecular weight excluding hydrogens is 258 g/mol. The molecule has 0 spiro atoms. The van der Waals surface area contributed by atoms with E-state index >= 15 is 0 Å². The van der Waals surface area contributed by atoms with Crippen molar-refractivity contribution in [2.75, 3.05) is 4.90 Å². The van der Waals surface area contributed by atoms with Gasteiger partial charge in [0.05, 0.1) is 0 Å². The van der Waals surface area contributed by atoms with Crippen molar-refractivity contribution in [1.82, 2.24) is 0 Å². The Hall–Kier alpha value is -2.09. The van der Waals surface area contributed by atoms with E-state index in [4.69, 9.17) is 0 Å². The molecule has 0 radical (unpaired) electrons. The van der Waals surface area contributed by atoms with E-state index in [0.29, 0.717) is 5.92 Å². The minimum atomic E-state index is 0.124. The fourth-order valence-corrected chi connectivity index (χ4v) is 3.46. The number of rotatable bonds is 1. The van der Waals surface area contributed by atoms with Crippen molar-refractivity contribution in [3.8, 4) is 0 Å². The van der Waals surface area contributed by atoms with Crippen LogP contribution in [-0.4, -0.2) is 11.9 Å². The third kappa shape index (κ3) is 2.46. The highest BCUT2D eigenvalue weighted by atomic mass is 16.2. The molecule has 1 heterocycles. The van der Waals surface area contributed by atoms with E-state index in [1.807, 2.05) is 4.90 Å². The molecule has 2 aromatic carbocycles. The Balaban J connectivity index is 2.15. The maximum Gasteiger partial charge on any atom is 0.224 e. The van der Waals surface area contributed by atoms with E-state index in [0.717, 1.165) is 12.1 Å². The molecule has 3 rings (SSSR count). The van der Waals surface area contributed by atoms with Crippen LogP contribution in [0.15, 0.2) is 48.5 Å². The normalized spacial score (nSPS) is 21.0. The summed E-state index contributed by atoms with van der Waals surface area (Å²) in [4.78, 5) is 14.0. The topological polar surface area (TPSA) is 20.3 Å². The lowest BCUT2D eigenvalue weighted by molar-refractivity contribution is -0.117. The summed E-state index contributed by atoms with van der Waals surface area (Å²) in [6.45, 7) is 5.90. The summed E-state index contributed by atoms with van der Waals surface area (Å²) in [5.74, 6) is 0.491. The first-order valence-corrected chi connectivity index (χ1v) is 7.53. The highest BCUT2D eigenvalue weighted by Gasteiger charge is 2.32. The molecular formula is C19H21NO. The van der Waals surface area contributed by atoms with Crippen molar-refractivity contribution in [2.45, 2.75) is 39.2 Å². The van der Waals surface area contributed by atoms with E-state index in [2.05, 4.69) is 62.4 Å². The van der Waals surface area contributed by atoms with Gasteiger partial charge in [-0.3, -0.25) is 4.79 Å². The van der Waals surface area contributed by atoms with E-state index in [9.17, 15) is 4.79 Å². The van der Waals surface area contributed by atoms with Crippen LogP contribution in [-0.2, 0) is 4.79 Å². The summed E-state index contributed by atoms with van der Waals surface area (Å²) in [5, 5.41) is 0. The van der Waals surface area contributed by atoms with Gasteiger partial charge in [-0.2, -0.15) is 0 Å². The molecule has 0 fully saturated rings. The number of amides is 1. The Kier molecular flexibility index (Phi) is 3.54. The van der Waals surface area contributed by atoms with Crippen molar-refractivity contribution in [2.24, 2.45) is 0 Å². The van der Waals surface area contributed by atoms with Crippen molar-refractivity contribution >= 4 is 11.6 Å². The van der Waals surface area contributed by atoms with Crippen molar-refractivity contribution in [3.05, 3.63) is 65.2 Å². The first-order chi connectivity index (χ1) is 10.1. The Labute approximate surface area is 126 Å². The number of hydrogen-bond acceptors (Lipinski definition) is 1. The summed E-state index contributed by atoms with van der Waals surface area (Å²) >= 11 is 0. The fraction of sp³-hybridized carbons (Fsp3) is 0.316. The Morgan fingerprint density at radius 1 is 1.14 bits per heavy atom. The van der Waals surface area contributed by atoms with Gasteiger partial charge in [0.2, 0.25) is 5.91 Å². The van der Waals surface area contributed by atoms with Crippen molar-refractivity contribution in [1.29, 1.82) is 0 Å². The zero-order chi connectivity index (χ0) is 15.0. The summed E-state index contributed by atoms with van der Waals surface area (Å²) in [6, 6.07) is 17.2. The number of aryl methyl sites for hydroxylation is 1. The number of hydrogen-bond donors (Lipinski definition) is 0. The minimum absolute atomic E-state index is 0.124. The highest BCUT2D eigenvalue weighted by molar-refractivity contribution is 5.94. The quantitative estimate of drug-likeness (QED) is 0.763. The number of anilines is 1. The third-order valence-corrected chi connectivity index (χ3v) is 4.38.